The predicted molar refractivity (Wildman–Crippen MR) is 140 cm³/mol. The van der Waals surface area contributed by atoms with Crippen molar-refractivity contribution in [3.05, 3.63) is 95.3 Å². The quantitative estimate of drug-likeness (QED) is 0.305. The summed E-state index contributed by atoms with van der Waals surface area (Å²) in [7, 11) is 1.65. The van der Waals surface area contributed by atoms with Crippen LogP contribution in [0.2, 0.25) is 0 Å². The predicted octanol–water partition coefficient (Wildman–Crippen LogP) is 5.63. The summed E-state index contributed by atoms with van der Waals surface area (Å²) in [6.07, 6.45) is 0. The first-order valence-corrected chi connectivity index (χ1v) is 12.3. The number of nitrogens with zero attached hydrogens (tertiary/aromatic N) is 4. The largest absolute Gasteiger partial charge is 0.497 e. The average Bonchev–Trinajstić information content (AvgIpc) is 3.32. The summed E-state index contributed by atoms with van der Waals surface area (Å²) in [5.74, 6) is 2.10. The topological polar surface area (TPSA) is 105 Å². The van der Waals surface area contributed by atoms with Crippen LogP contribution in [0.25, 0.3) is 5.69 Å². The Labute approximate surface area is 214 Å². The van der Waals surface area contributed by atoms with E-state index in [9.17, 15) is 4.79 Å². The molecule has 0 saturated heterocycles. The third-order valence-corrected chi connectivity index (χ3v) is 6.46. The zero-order valence-electron chi connectivity index (χ0n) is 20.2. The lowest BCUT2D eigenvalue weighted by Gasteiger charge is -2.17. The standard InChI is InChI=1S/C27H26N6O2S/c1-18-7-13-23(14-8-18)33-25(19(2)29-26(34)30-22-11-9-20(16-28)10-12-22)31-32-27(33)36-17-21-5-4-6-24(15-21)35-3/h4-15,19H,17H2,1-3H3,(H2,29,30,34). The Balaban J connectivity index is 1.54. The zero-order valence-corrected chi connectivity index (χ0v) is 21.0. The number of hydrogen-bond donors (Lipinski definition) is 2. The molecule has 182 valence electrons. The number of thioether (sulfide) groups is 1. The van der Waals surface area contributed by atoms with Crippen molar-refractivity contribution in [3.63, 3.8) is 0 Å². The fourth-order valence-corrected chi connectivity index (χ4v) is 4.46. The van der Waals surface area contributed by atoms with Crippen molar-refractivity contribution in [2.24, 2.45) is 0 Å². The average molecular weight is 499 g/mol. The number of nitriles is 1. The highest BCUT2D eigenvalue weighted by molar-refractivity contribution is 7.98. The molecule has 0 aliphatic heterocycles. The molecule has 8 nitrogen and oxygen atoms in total. The third-order valence-electron chi connectivity index (χ3n) is 5.46. The molecule has 0 aliphatic rings. The summed E-state index contributed by atoms with van der Waals surface area (Å²) >= 11 is 1.56. The molecule has 2 amide bonds. The van der Waals surface area contributed by atoms with Gasteiger partial charge in [-0.2, -0.15) is 5.26 Å². The molecule has 1 unspecified atom stereocenters. The minimum atomic E-state index is -0.427. The Morgan fingerprint density at radius 2 is 1.86 bits per heavy atom. The number of amides is 2. The van der Waals surface area contributed by atoms with Crippen LogP contribution in [0.15, 0.2) is 78.0 Å². The summed E-state index contributed by atoms with van der Waals surface area (Å²) in [5.41, 5.74) is 4.28. The lowest BCUT2D eigenvalue weighted by Crippen LogP contribution is -2.32. The van der Waals surface area contributed by atoms with E-state index in [0.717, 1.165) is 27.7 Å². The molecule has 9 heteroatoms. The van der Waals surface area contributed by atoms with Crippen LogP contribution in [0.4, 0.5) is 10.5 Å². The maximum atomic E-state index is 12.7. The monoisotopic (exact) mass is 498 g/mol. The van der Waals surface area contributed by atoms with Gasteiger partial charge in [-0.15, -0.1) is 10.2 Å². The smallest absolute Gasteiger partial charge is 0.319 e. The molecule has 0 aliphatic carbocycles. The van der Waals surface area contributed by atoms with E-state index >= 15 is 0 Å². The van der Waals surface area contributed by atoms with Gasteiger partial charge in [0.25, 0.3) is 0 Å². The molecule has 0 bridgehead atoms. The molecule has 0 spiro atoms. The van der Waals surface area contributed by atoms with Crippen LogP contribution in [0.3, 0.4) is 0 Å². The first-order valence-electron chi connectivity index (χ1n) is 11.3. The number of hydrogen-bond acceptors (Lipinski definition) is 6. The van der Waals surface area contributed by atoms with Gasteiger partial charge in [-0.05, 0) is 67.9 Å². The van der Waals surface area contributed by atoms with Gasteiger partial charge in [-0.3, -0.25) is 4.57 Å². The van der Waals surface area contributed by atoms with E-state index < -0.39 is 6.04 Å². The lowest BCUT2D eigenvalue weighted by atomic mass is 10.2. The summed E-state index contributed by atoms with van der Waals surface area (Å²) in [6.45, 7) is 3.90. The molecule has 1 atom stereocenters. The SMILES string of the molecule is COc1cccc(CSc2nnc(C(C)NC(=O)Nc3ccc(C#N)cc3)n2-c2ccc(C)cc2)c1. The van der Waals surface area contributed by atoms with Crippen LogP contribution in [0.1, 0.15) is 35.5 Å². The number of aromatic nitrogens is 3. The van der Waals surface area contributed by atoms with Crippen molar-refractivity contribution in [1.82, 2.24) is 20.1 Å². The molecule has 1 heterocycles. The molecule has 4 aromatic rings. The Hall–Kier alpha value is -4.29. The van der Waals surface area contributed by atoms with E-state index in [4.69, 9.17) is 10.00 Å². The molecule has 1 aromatic heterocycles. The maximum absolute atomic E-state index is 12.7. The van der Waals surface area contributed by atoms with Gasteiger partial charge in [0.2, 0.25) is 0 Å². The molecule has 0 saturated carbocycles. The Bertz CT molecular complexity index is 1380. The summed E-state index contributed by atoms with van der Waals surface area (Å²) in [4.78, 5) is 12.7. The van der Waals surface area contributed by atoms with E-state index in [1.807, 2.05) is 66.9 Å². The maximum Gasteiger partial charge on any atom is 0.319 e. The van der Waals surface area contributed by atoms with Crippen LogP contribution >= 0.6 is 11.8 Å². The fourth-order valence-electron chi connectivity index (χ4n) is 3.56. The Kier molecular flexibility index (Phi) is 7.88. The summed E-state index contributed by atoms with van der Waals surface area (Å²) < 4.78 is 7.30. The van der Waals surface area contributed by atoms with Crippen molar-refractivity contribution < 1.29 is 9.53 Å². The van der Waals surface area contributed by atoms with Crippen molar-refractivity contribution in [2.45, 2.75) is 30.8 Å². The zero-order chi connectivity index (χ0) is 25.5. The van der Waals surface area contributed by atoms with Gasteiger partial charge in [0.15, 0.2) is 11.0 Å². The van der Waals surface area contributed by atoms with E-state index in [1.165, 1.54) is 0 Å². The van der Waals surface area contributed by atoms with E-state index in [1.54, 1.807) is 43.1 Å². The van der Waals surface area contributed by atoms with Crippen LogP contribution in [0, 0.1) is 18.3 Å². The minimum Gasteiger partial charge on any atom is -0.497 e. The van der Waals surface area contributed by atoms with Gasteiger partial charge in [-0.25, -0.2) is 4.79 Å². The number of urea groups is 1. The number of anilines is 1. The number of carbonyl (C=O) groups excluding carboxylic acids is 1. The van der Waals surface area contributed by atoms with Gasteiger partial charge in [0, 0.05) is 17.1 Å². The van der Waals surface area contributed by atoms with E-state index in [2.05, 4.69) is 26.9 Å². The van der Waals surface area contributed by atoms with Crippen LogP contribution in [-0.2, 0) is 5.75 Å². The number of aryl methyl sites for hydroxylation is 1. The number of methoxy groups -OCH3 is 1. The van der Waals surface area contributed by atoms with Crippen molar-refractivity contribution in [3.8, 4) is 17.5 Å². The van der Waals surface area contributed by atoms with Crippen molar-refractivity contribution >= 4 is 23.5 Å². The number of nitrogens with one attached hydrogen (secondary N) is 2. The van der Waals surface area contributed by atoms with Gasteiger partial charge in [0.1, 0.15) is 5.75 Å². The Morgan fingerprint density at radius 3 is 2.56 bits per heavy atom. The second-order valence-electron chi connectivity index (χ2n) is 8.16. The summed E-state index contributed by atoms with van der Waals surface area (Å²) in [6, 6.07) is 23.9. The molecule has 0 fully saturated rings. The van der Waals surface area contributed by atoms with Gasteiger partial charge < -0.3 is 15.4 Å². The number of carbonyl (C=O) groups is 1. The van der Waals surface area contributed by atoms with Crippen molar-refractivity contribution in [2.75, 3.05) is 12.4 Å². The first-order chi connectivity index (χ1) is 17.5. The third kappa shape index (κ3) is 6.03. The molecule has 3 aromatic carbocycles. The molecule has 36 heavy (non-hydrogen) atoms. The molecule has 2 N–H and O–H groups in total. The van der Waals surface area contributed by atoms with E-state index in [-0.39, 0.29) is 6.03 Å². The van der Waals surface area contributed by atoms with Gasteiger partial charge in [-0.1, -0.05) is 41.6 Å². The van der Waals surface area contributed by atoms with Gasteiger partial charge in [0.05, 0.1) is 24.8 Å². The number of ether oxygens (including phenoxy) is 1. The highest BCUT2D eigenvalue weighted by Crippen LogP contribution is 2.28. The fraction of sp³-hybridized carbons (Fsp3) is 0.185. The van der Waals surface area contributed by atoms with Gasteiger partial charge >= 0.3 is 6.03 Å². The number of benzene rings is 3. The van der Waals surface area contributed by atoms with E-state index in [0.29, 0.717) is 22.8 Å². The normalized spacial score (nSPS) is 11.4. The Morgan fingerprint density at radius 1 is 1.11 bits per heavy atom. The molecular formula is C27H26N6O2S. The van der Waals surface area contributed by atoms with Crippen LogP contribution in [0.5, 0.6) is 5.75 Å². The van der Waals surface area contributed by atoms with Crippen LogP contribution < -0.4 is 15.4 Å². The van der Waals surface area contributed by atoms with Crippen molar-refractivity contribution in [1.29, 1.82) is 5.26 Å². The molecule has 4 rings (SSSR count). The molecule has 0 radical (unpaired) electrons. The second-order valence-corrected chi connectivity index (χ2v) is 9.10. The van der Waals surface area contributed by atoms with Crippen LogP contribution in [-0.4, -0.2) is 27.9 Å². The number of rotatable bonds is 8. The first kappa shape index (κ1) is 24.8. The lowest BCUT2D eigenvalue weighted by molar-refractivity contribution is 0.249. The highest BCUT2D eigenvalue weighted by Gasteiger charge is 2.21. The summed E-state index contributed by atoms with van der Waals surface area (Å²) in [5, 5.41) is 24.3. The molecular weight excluding hydrogens is 472 g/mol. The minimum absolute atomic E-state index is 0.378. The second kappa shape index (κ2) is 11.4. The highest BCUT2D eigenvalue weighted by atomic mass is 32.2.